The average molecular weight is 299 g/mol. The van der Waals surface area contributed by atoms with Crippen molar-refractivity contribution in [3.05, 3.63) is 54.6 Å². The standard InChI is InChI=1S/C17H17NO2S/c19-21(20,18-14-7-4-8-15(18)12-11-14)17-10-3-6-13-5-1-2-9-16(13)17/h1-7,9-10,14-15H,8,11-12H2. The Hall–Kier alpha value is -1.65. The first-order valence-corrected chi connectivity index (χ1v) is 8.80. The van der Waals surface area contributed by atoms with Crippen LogP contribution in [0.2, 0.25) is 0 Å². The highest BCUT2D eigenvalue weighted by Gasteiger charge is 2.42. The minimum atomic E-state index is -3.44. The van der Waals surface area contributed by atoms with Crippen LogP contribution < -0.4 is 0 Å². The van der Waals surface area contributed by atoms with E-state index >= 15 is 0 Å². The lowest BCUT2D eigenvalue weighted by Crippen LogP contribution is -2.42. The number of fused-ring (bicyclic) bond motifs is 3. The Kier molecular flexibility index (Phi) is 2.91. The fourth-order valence-corrected chi connectivity index (χ4v) is 5.65. The molecule has 1 saturated heterocycles. The molecule has 2 aromatic carbocycles. The summed E-state index contributed by atoms with van der Waals surface area (Å²) in [6, 6.07) is 13.4. The summed E-state index contributed by atoms with van der Waals surface area (Å²) < 4.78 is 28.0. The second-order valence-corrected chi connectivity index (χ2v) is 7.59. The van der Waals surface area contributed by atoms with Crippen LogP contribution in [0.4, 0.5) is 0 Å². The van der Waals surface area contributed by atoms with Gasteiger partial charge in [0.1, 0.15) is 0 Å². The molecule has 4 rings (SSSR count). The topological polar surface area (TPSA) is 37.4 Å². The highest BCUT2D eigenvalue weighted by molar-refractivity contribution is 7.89. The molecule has 2 heterocycles. The van der Waals surface area contributed by atoms with Crippen LogP contribution in [0.15, 0.2) is 59.5 Å². The van der Waals surface area contributed by atoms with E-state index < -0.39 is 10.0 Å². The molecular formula is C17H17NO2S. The molecule has 108 valence electrons. The van der Waals surface area contributed by atoms with Crippen LogP contribution in [-0.4, -0.2) is 24.8 Å². The first-order valence-electron chi connectivity index (χ1n) is 7.36. The maximum atomic E-state index is 13.2. The minimum absolute atomic E-state index is 0.0349. The smallest absolute Gasteiger partial charge is 0.207 e. The fraction of sp³-hybridized carbons (Fsp3) is 0.294. The van der Waals surface area contributed by atoms with Gasteiger partial charge in [0, 0.05) is 17.5 Å². The Morgan fingerprint density at radius 2 is 1.81 bits per heavy atom. The molecule has 0 aromatic heterocycles. The second-order valence-electron chi connectivity index (χ2n) is 5.77. The summed E-state index contributed by atoms with van der Waals surface area (Å²) in [6.45, 7) is 0. The van der Waals surface area contributed by atoms with Gasteiger partial charge < -0.3 is 0 Å². The molecule has 0 saturated carbocycles. The van der Waals surface area contributed by atoms with Crippen LogP contribution in [0, 0.1) is 0 Å². The van der Waals surface area contributed by atoms with Gasteiger partial charge in [-0.15, -0.1) is 0 Å². The number of rotatable bonds is 2. The van der Waals surface area contributed by atoms with E-state index in [1.54, 1.807) is 10.4 Å². The van der Waals surface area contributed by atoms with Crippen molar-refractivity contribution in [1.29, 1.82) is 0 Å². The van der Waals surface area contributed by atoms with Crippen LogP contribution in [-0.2, 0) is 10.0 Å². The molecule has 0 aliphatic carbocycles. The Morgan fingerprint density at radius 3 is 2.67 bits per heavy atom. The first-order chi connectivity index (χ1) is 10.2. The van der Waals surface area contributed by atoms with Gasteiger partial charge >= 0.3 is 0 Å². The van der Waals surface area contributed by atoms with E-state index in [2.05, 4.69) is 6.08 Å². The van der Waals surface area contributed by atoms with Crippen molar-refractivity contribution in [2.75, 3.05) is 0 Å². The average Bonchev–Trinajstić information content (AvgIpc) is 2.78. The van der Waals surface area contributed by atoms with E-state index in [4.69, 9.17) is 0 Å². The molecule has 2 unspecified atom stereocenters. The predicted molar refractivity (Wildman–Crippen MR) is 83.5 cm³/mol. The van der Waals surface area contributed by atoms with E-state index in [-0.39, 0.29) is 12.1 Å². The van der Waals surface area contributed by atoms with Crippen LogP contribution in [0.25, 0.3) is 10.8 Å². The molecule has 2 aliphatic heterocycles. The third kappa shape index (κ3) is 1.93. The molecule has 4 heteroatoms. The van der Waals surface area contributed by atoms with E-state index in [0.29, 0.717) is 4.90 Å². The number of sulfonamides is 1. The lowest BCUT2D eigenvalue weighted by Gasteiger charge is -2.30. The molecule has 0 N–H and O–H groups in total. The van der Waals surface area contributed by atoms with Gasteiger partial charge in [0.2, 0.25) is 10.0 Å². The molecule has 21 heavy (non-hydrogen) atoms. The van der Waals surface area contributed by atoms with Gasteiger partial charge in [0.15, 0.2) is 0 Å². The number of hydrogen-bond acceptors (Lipinski definition) is 2. The Balaban J connectivity index is 1.90. The van der Waals surface area contributed by atoms with Gasteiger partial charge in [-0.05, 0) is 30.7 Å². The fourth-order valence-electron chi connectivity index (χ4n) is 3.59. The summed E-state index contributed by atoms with van der Waals surface area (Å²) in [4.78, 5) is 0.438. The van der Waals surface area contributed by atoms with Crippen molar-refractivity contribution in [3.8, 4) is 0 Å². The summed E-state index contributed by atoms with van der Waals surface area (Å²) in [6.07, 6.45) is 6.90. The van der Waals surface area contributed by atoms with Crippen molar-refractivity contribution in [3.63, 3.8) is 0 Å². The van der Waals surface area contributed by atoms with Crippen molar-refractivity contribution < 1.29 is 8.42 Å². The molecule has 2 bridgehead atoms. The monoisotopic (exact) mass is 299 g/mol. The van der Waals surface area contributed by atoms with Crippen LogP contribution in [0.5, 0.6) is 0 Å². The third-order valence-electron chi connectivity index (χ3n) is 4.55. The molecule has 3 nitrogen and oxygen atoms in total. The summed E-state index contributed by atoms with van der Waals surface area (Å²) in [5.74, 6) is 0. The summed E-state index contributed by atoms with van der Waals surface area (Å²) in [5.41, 5.74) is 0. The Morgan fingerprint density at radius 1 is 1.00 bits per heavy atom. The SMILES string of the molecule is O=S(=O)(c1cccc2ccccc12)N1C2C=CCC1CC2. The zero-order valence-electron chi connectivity index (χ0n) is 11.6. The molecule has 1 fully saturated rings. The van der Waals surface area contributed by atoms with Gasteiger partial charge in [-0.1, -0.05) is 48.6 Å². The zero-order valence-corrected chi connectivity index (χ0v) is 12.5. The highest BCUT2D eigenvalue weighted by atomic mass is 32.2. The van der Waals surface area contributed by atoms with Crippen LogP contribution >= 0.6 is 0 Å². The maximum absolute atomic E-state index is 13.2. The largest absolute Gasteiger partial charge is 0.244 e. The Bertz CT molecular complexity index is 820. The van der Waals surface area contributed by atoms with Gasteiger partial charge in [0.05, 0.1) is 4.90 Å². The molecule has 2 atom stereocenters. The summed E-state index contributed by atoms with van der Waals surface area (Å²) >= 11 is 0. The molecule has 0 amide bonds. The normalized spacial score (nSPS) is 25.5. The van der Waals surface area contributed by atoms with E-state index in [1.165, 1.54) is 0 Å². The van der Waals surface area contributed by atoms with E-state index in [9.17, 15) is 8.42 Å². The third-order valence-corrected chi connectivity index (χ3v) is 6.59. The molecular weight excluding hydrogens is 282 g/mol. The summed E-state index contributed by atoms with van der Waals surface area (Å²) in [7, 11) is -3.44. The summed E-state index contributed by atoms with van der Waals surface area (Å²) in [5, 5.41) is 1.78. The highest BCUT2D eigenvalue weighted by Crippen LogP contribution is 2.37. The number of benzene rings is 2. The van der Waals surface area contributed by atoms with E-state index in [0.717, 1.165) is 30.0 Å². The van der Waals surface area contributed by atoms with Crippen molar-refractivity contribution >= 4 is 20.8 Å². The zero-order chi connectivity index (χ0) is 14.4. The van der Waals surface area contributed by atoms with Gasteiger partial charge in [-0.25, -0.2) is 8.42 Å². The van der Waals surface area contributed by atoms with Crippen molar-refractivity contribution in [2.24, 2.45) is 0 Å². The predicted octanol–water partition coefficient (Wildman–Crippen LogP) is 3.32. The van der Waals surface area contributed by atoms with Gasteiger partial charge in [-0.2, -0.15) is 4.31 Å². The Labute approximate surface area is 124 Å². The maximum Gasteiger partial charge on any atom is 0.244 e. The van der Waals surface area contributed by atoms with Crippen molar-refractivity contribution in [1.82, 2.24) is 4.31 Å². The second kappa shape index (κ2) is 4.68. The van der Waals surface area contributed by atoms with Gasteiger partial charge in [0.25, 0.3) is 0 Å². The lowest BCUT2D eigenvalue weighted by molar-refractivity contribution is 0.341. The molecule has 0 radical (unpaired) electrons. The quantitative estimate of drug-likeness (QED) is 0.798. The first kappa shape index (κ1) is 13.0. The minimum Gasteiger partial charge on any atom is -0.207 e. The molecule has 2 aliphatic rings. The van der Waals surface area contributed by atoms with Crippen molar-refractivity contribution in [2.45, 2.75) is 36.2 Å². The molecule has 0 spiro atoms. The van der Waals surface area contributed by atoms with Crippen LogP contribution in [0.3, 0.4) is 0 Å². The van der Waals surface area contributed by atoms with Crippen LogP contribution in [0.1, 0.15) is 19.3 Å². The number of nitrogens with zero attached hydrogens (tertiary/aromatic N) is 1. The lowest BCUT2D eigenvalue weighted by atomic mass is 10.1. The van der Waals surface area contributed by atoms with Gasteiger partial charge in [-0.3, -0.25) is 0 Å². The molecule has 2 aromatic rings. The number of hydrogen-bond donors (Lipinski definition) is 0. The van der Waals surface area contributed by atoms with E-state index in [1.807, 2.05) is 42.5 Å².